The van der Waals surface area contributed by atoms with Crippen LogP contribution < -0.4 is 20.1 Å². The Kier molecular flexibility index (Phi) is 9.41. The van der Waals surface area contributed by atoms with Gasteiger partial charge in [-0.15, -0.1) is 0 Å². The normalized spacial score (nSPS) is 35.5. The number of carbonyl (C=O) groups excluding carboxylic acids is 4. The lowest BCUT2D eigenvalue weighted by molar-refractivity contribution is -0.141. The van der Waals surface area contributed by atoms with Crippen molar-refractivity contribution in [2.75, 3.05) is 12.8 Å². The molecule has 6 aliphatic rings. The van der Waals surface area contributed by atoms with Crippen LogP contribution in [-0.2, 0) is 35.6 Å². The summed E-state index contributed by atoms with van der Waals surface area (Å²) in [7, 11) is -3.92. The summed E-state index contributed by atoms with van der Waals surface area (Å²) >= 11 is 0. The number of allylic oxidation sites excluding steroid dienone is 1. The first-order chi connectivity index (χ1) is 25.8. The molecule has 0 radical (unpaired) electrons. The van der Waals surface area contributed by atoms with Crippen LogP contribution in [0, 0.1) is 30.6 Å². The number of aryl methyl sites for hydroxylation is 2. The third kappa shape index (κ3) is 6.83. The van der Waals surface area contributed by atoms with Crippen LogP contribution in [-0.4, -0.2) is 84.2 Å². The zero-order valence-corrected chi connectivity index (χ0v) is 32.1. The van der Waals surface area contributed by atoms with Crippen LogP contribution in [0.2, 0.25) is 0 Å². The van der Waals surface area contributed by atoms with E-state index < -0.39 is 63.0 Å². The molecule has 3 N–H and O–H groups in total. The molecule has 54 heavy (non-hydrogen) atoms. The van der Waals surface area contributed by atoms with Gasteiger partial charge in [-0.3, -0.25) is 19.1 Å². The van der Waals surface area contributed by atoms with E-state index in [-0.39, 0.29) is 25.5 Å². The molecule has 1 saturated heterocycles. The molecule has 13 nitrogen and oxygen atoms in total. The number of pyridine rings is 1. The molecule has 14 heteroatoms. The average molecular weight is 762 g/mol. The van der Waals surface area contributed by atoms with Gasteiger partial charge in [0.25, 0.3) is 5.91 Å². The van der Waals surface area contributed by atoms with Crippen molar-refractivity contribution in [3.63, 3.8) is 0 Å². The molecule has 4 amide bonds. The number of para-hydroxylation sites is 1. The fourth-order valence-corrected chi connectivity index (χ4v) is 10.7. The molecule has 290 valence electrons. The van der Waals surface area contributed by atoms with E-state index in [1.54, 1.807) is 0 Å². The van der Waals surface area contributed by atoms with Crippen LogP contribution >= 0.6 is 0 Å². The molecule has 3 aliphatic carbocycles. The highest BCUT2D eigenvalue weighted by atomic mass is 32.2. The van der Waals surface area contributed by atoms with Gasteiger partial charge in [0.2, 0.25) is 21.8 Å². The number of rotatable bonds is 4. The number of ether oxygens (including phenoxy) is 2. The largest absolute Gasteiger partial charge is 0.483 e. The maximum absolute atomic E-state index is 14.8. The summed E-state index contributed by atoms with van der Waals surface area (Å²) in [4.78, 5) is 62.7. The fraction of sp³-hybridized carbons (Fsp3) is 0.625. The second kappa shape index (κ2) is 13.8. The van der Waals surface area contributed by atoms with E-state index in [4.69, 9.17) is 14.5 Å². The fourth-order valence-electron chi connectivity index (χ4n) is 10.2. The Morgan fingerprint density at radius 2 is 1.91 bits per heavy atom. The van der Waals surface area contributed by atoms with Crippen molar-refractivity contribution < 1.29 is 37.1 Å². The lowest BCUT2D eigenvalue weighted by atomic mass is 9.87. The van der Waals surface area contributed by atoms with E-state index >= 15 is 0 Å². The number of hydrogen-bond acceptors (Lipinski definition) is 9. The Morgan fingerprint density at radius 3 is 2.67 bits per heavy atom. The Morgan fingerprint density at radius 1 is 1.09 bits per heavy atom. The molecule has 4 heterocycles. The number of amides is 4. The average Bonchev–Trinajstić information content (AvgIpc) is 3.34. The summed E-state index contributed by atoms with van der Waals surface area (Å²) in [5.74, 6) is -0.189. The molecular formula is C40H51N5O8S. The first-order valence-corrected chi connectivity index (χ1v) is 21.5. The van der Waals surface area contributed by atoms with Gasteiger partial charge in [0.15, 0.2) is 0 Å². The summed E-state index contributed by atoms with van der Waals surface area (Å²) in [5.41, 5.74) is 0.183. The van der Waals surface area contributed by atoms with Crippen LogP contribution in [0.4, 0.5) is 4.79 Å². The van der Waals surface area contributed by atoms with Gasteiger partial charge in [0.05, 0.1) is 24.0 Å². The molecule has 2 aromatic rings. The van der Waals surface area contributed by atoms with Gasteiger partial charge in [-0.05, 0) is 88.5 Å². The van der Waals surface area contributed by atoms with Crippen LogP contribution in [0.15, 0.2) is 36.4 Å². The first-order valence-electron chi connectivity index (χ1n) is 19.6. The highest BCUT2D eigenvalue weighted by Gasteiger charge is 2.62. The maximum atomic E-state index is 14.8. The summed E-state index contributed by atoms with van der Waals surface area (Å²) in [6, 6.07) is 5.89. The van der Waals surface area contributed by atoms with Gasteiger partial charge in [-0.25, -0.2) is 18.2 Å². The van der Waals surface area contributed by atoms with E-state index in [1.165, 1.54) is 4.90 Å². The predicted molar refractivity (Wildman–Crippen MR) is 200 cm³/mol. The third-order valence-electron chi connectivity index (χ3n) is 13.2. The van der Waals surface area contributed by atoms with Gasteiger partial charge in [0, 0.05) is 23.3 Å². The van der Waals surface area contributed by atoms with Gasteiger partial charge < -0.3 is 25.0 Å². The molecule has 3 unspecified atom stereocenters. The number of nitrogens with one attached hydrogen (secondary N) is 3. The first kappa shape index (κ1) is 36.8. The molecule has 3 saturated carbocycles. The minimum Gasteiger partial charge on any atom is -0.483 e. The van der Waals surface area contributed by atoms with Crippen molar-refractivity contribution >= 4 is 44.7 Å². The lowest BCUT2D eigenvalue weighted by Crippen LogP contribution is -2.58. The molecule has 3 aliphatic heterocycles. The minimum atomic E-state index is -3.92. The molecule has 4 fully saturated rings. The van der Waals surface area contributed by atoms with Crippen molar-refractivity contribution in [3.8, 4) is 5.75 Å². The summed E-state index contributed by atoms with van der Waals surface area (Å²) in [5, 5.41) is 6.82. The highest BCUT2D eigenvalue weighted by Crippen LogP contribution is 2.51. The number of aromatic nitrogens is 1. The smallest absolute Gasteiger partial charge is 0.408 e. The topological polar surface area (TPSA) is 173 Å². The number of benzene rings is 1. The van der Waals surface area contributed by atoms with Crippen molar-refractivity contribution in [1.29, 1.82) is 0 Å². The standard InChI is InChI=1S/C40H51N5O8S/c1-23-25-15-16-27(23)33(19-25)52-38(49)42-31-14-8-6-4-5-7-11-26-20-40(26,37(48)44-54(3,50)51)43-35(46)32-21-39(22-45(32)36(31)47)18-17-29-28-12-9-10-13-30(28)41-24(2)34(29)53-39/h7,9-13,23,25-27,31-33H,4-6,8,14-22H2,1-3H3,(H,42,49)(H,43,46)(H,44,48)/b11-7-/t23?,25?,26-,27?,31+,32+,33-,39-,40-/m1/s1. The quantitative estimate of drug-likeness (QED) is 0.386. The van der Waals surface area contributed by atoms with Gasteiger partial charge in [-0.2, -0.15) is 0 Å². The number of fused-ring (bicyclic) bond motifs is 7. The summed E-state index contributed by atoms with van der Waals surface area (Å²) in [6.45, 7) is 4.20. The second-order valence-electron chi connectivity index (χ2n) is 16.8. The molecule has 9 atom stereocenters. The van der Waals surface area contributed by atoms with Crippen molar-refractivity contribution in [1.82, 2.24) is 25.2 Å². The van der Waals surface area contributed by atoms with Crippen molar-refractivity contribution in [2.24, 2.45) is 23.7 Å². The van der Waals surface area contributed by atoms with Crippen LogP contribution in [0.25, 0.3) is 10.9 Å². The van der Waals surface area contributed by atoms with E-state index in [1.807, 2.05) is 43.3 Å². The van der Waals surface area contributed by atoms with Crippen molar-refractivity contribution in [2.45, 2.75) is 120 Å². The molecule has 1 aromatic carbocycles. The van der Waals surface area contributed by atoms with Gasteiger partial charge in [0.1, 0.15) is 35.1 Å². The number of sulfonamides is 1. The molecule has 1 aromatic heterocycles. The second-order valence-corrected chi connectivity index (χ2v) is 18.5. The summed E-state index contributed by atoms with van der Waals surface area (Å²) in [6.07, 6.45) is 11.8. The predicted octanol–water partition coefficient (Wildman–Crippen LogP) is 4.21. The van der Waals surface area contributed by atoms with Crippen LogP contribution in [0.3, 0.4) is 0 Å². The molecule has 1 spiro atoms. The van der Waals surface area contributed by atoms with Gasteiger partial charge >= 0.3 is 6.09 Å². The Balaban J connectivity index is 1.11. The Labute approximate surface area is 316 Å². The monoisotopic (exact) mass is 761 g/mol. The Bertz CT molecular complexity index is 2020. The summed E-state index contributed by atoms with van der Waals surface area (Å²) < 4.78 is 39.3. The van der Waals surface area contributed by atoms with E-state index in [0.717, 1.165) is 54.8 Å². The lowest BCUT2D eigenvalue weighted by Gasteiger charge is -2.36. The maximum Gasteiger partial charge on any atom is 0.408 e. The SMILES string of the molecule is Cc1nc2ccccc2c2c1O[C@]1(CC2)C[C@H]2C(=O)N[C@]3(C(=O)NS(C)(=O)=O)C[C@H]3/C=C\CCCCC[C@H](NC(=O)O[C@@H]3CC4CCC3C4C)C(=O)N2C1. The van der Waals surface area contributed by atoms with Crippen LogP contribution in [0.5, 0.6) is 5.75 Å². The third-order valence-corrected chi connectivity index (χ3v) is 13.7. The van der Waals surface area contributed by atoms with Crippen LogP contribution in [0.1, 0.15) is 88.8 Å². The van der Waals surface area contributed by atoms with Crippen molar-refractivity contribution in [3.05, 3.63) is 47.7 Å². The zero-order chi connectivity index (χ0) is 38.0. The Hall–Kier alpha value is -4.20. The molecule has 2 bridgehead atoms. The highest BCUT2D eigenvalue weighted by molar-refractivity contribution is 7.89. The number of carbonyl (C=O) groups is 4. The number of alkyl carbamates (subject to hydrolysis) is 1. The zero-order valence-electron chi connectivity index (χ0n) is 31.3. The van der Waals surface area contributed by atoms with Gasteiger partial charge in [-0.1, -0.05) is 50.1 Å². The van der Waals surface area contributed by atoms with E-state index in [0.29, 0.717) is 61.3 Å². The molecular weight excluding hydrogens is 711 g/mol. The molecule has 8 rings (SSSR count). The number of nitrogens with zero attached hydrogens (tertiary/aromatic N) is 2. The van der Waals surface area contributed by atoms with E-state index in [9.17, 15) is 27.6 Å². The van der Waals surface area contributed by atoms with E-state index in [2.05, 4.69) is 22.3 Å². The minimum absolute atomic E-state index is 0.0820. The number of hydrogen-bond donors (Lipinski definition) is 3.